The minimum atomic E-state index is -0.461. The monoisotopic (exact) mass is 237 g/mol. The van der Waals surface area contributed by atoms with Crippen molar-refractivity contribution in [2.75, 3.05) is 12.4 Å². The van der Waals surface area contributed by atoms with Gasteiger partial charge in [0.25, 0.3) is 0 Å². The zero-order chi connectivity index (χ0) is 12.7. The Labute approximate surface area is 101 Å². The number of nitrogens with two attached hydrogens (primary N) is 1. The number of ether oxygens (including phenoxy) is 1. The molecule has 1 aromatic rings. The van der Waals surface area contributed by atoms with Crippen LogP contribution in [0.15, 0.2) is 18.3 Å². The van der Waals surface area contributed by atoms with Gasteiger partial charge in [-0.05, 0) is 12.5 Å². The topological polar surface area (TPSA) is 77.2 Å². The zero-order valence-electron chi connectivity index (χ0n) is 10.3. The fourth-order valence-electron chi connectivity index (χ4n) is 1.37. The second kappa shape index (κ2) is 6.85. The number of methoxy groups -OCH3 is 1. The molecule has 0 fully saturated rings. The third kappa shape index (κ3) is 4.40. The molecular weight excluding hydrogens is 218 g/mol. The first-order chi connectivity index (χ1) is 8.17. The van der Waals surface area contributed by atoms with Crippen LogP contribution < -0.4 is 15.8 Å². The molecule has 0 aliphatic rings. The summed E-state index contributed by atoms with van der Waals surface area (Å²) in [5.41, 5.74) is 6.38. The van der Waals surface area contributed by atoms with Crippen LogP contribution in [0, 0.1) is 0 Å². The van der Waals surface area contributed by atoms with Gasteiger partial charge in [0.2, 0.25) is 11.8 Å². The number of carbonyl (C=O) groups is 1. The number of carbonyl (C=O) groups excluding carboxylic acids is 1. The fourth-order valence-corrected chi connectivity index (χ4v) is 1.37. The quantitative estimate of drug-likeness (QED) is 0.787. The van der Waals surface area contributed by atoms with Gasteiger partial charge < -0.3 is 15.8 Å². The Bertz CT molecular complexity index is 351. The van der Waals surface area contributed by atoms with Gasteiger partial charge in [-0.15, -0.1) is 0 Å². The molecule has 0 radical (unpaired) electrons. The minimum Gasteiger partial charge on any atom is -0.481 e. The Morgan fingerprint density at radius 3 is 2.88 bits per heavy atom. The number of anilines is 1. The summed E-state index contributed by atoms with van der Waals surface area (Å²) >= 11 is 0. The Hall–Kier alpha value is -1.62. The highest BCUT2D eigenvalue weighted by molar-refractivity contribution is 5.94. The lowest BCUT2D eigenvalue weighted by Crippen LogP contribution is -2.35. The lowest BCUT2D eigenvalue weighted by molar-refractivity contribution is -0.117. The van der Waals surface area contributed by atoms with Crippen molar-refractivity contribution in [3.63, 3.8) is 0 Å². The van der Waals surface area contributed by atoms with Crippen LogP contribution in [-0.2, 0) is 4.79 Å². The summed E-state index contributed by atoms with van der Waals surface area (Å²) in [4.78, 5) is 15.7. The van der Waals surface area contributed by atoms with Crippen molar-refractivity contribution in [1.82, 2.24) is 4.98 Å². The number of rotatable bonds is 6. The molecule has 0 unspecified atom stereocenters. The average molecular weight is 237 g/mol. The van der Waals surface area contributed by atoms with Gasteiger partial charge in [-0.25, -0.2) is 4.98 Å². The molecule has 0 saturated heterocycles. The molecule has 1 rings (SSSR count). The van der Waals surface area contributed by atoms with E-state index in [2.05, 4.69) is 17.2 Å². The second-order valence-corrected chi connectivity index (χ2v) is 3.83. The summed E-state index contributed by atoms with van der Waals surface area (Å²) in [5.74, 6) is 0.337. The highest BCUT2D eigenvalue weighted by Gasteiger charge is 2.12. The highest BCUT2D eigenvalue weighted by Crippen LogP contribution is 2.11. The van der Waals surface area contributed by atoms with Crippen molar-refractivity contribution in [3.8, 4) is 5.88 Å². The van der Waals surface area contributed by atoms with Crippen molar-refractivity contribution in [2.45, 2.75) is 32.2 Å². The lowest BCUT2D eigenvalue weighted by Gasteiger charge is -2.11. The van der Waals surface area contributed by atoms with Gasteiger partial charge >= 0.3 is 0 Å². The third-order valence-corrected chi connectivity index (χ3v) is 2.42. The number of hydrogen-bond acceptors (Lipinski definition) is 4. The van der Waals surface area contributed by atoms with E-state index in [4.69, 9.17) is 10.5 Å². The number of aromatic nitrogens is 1. The maximum absolute atomic E-state index is 11.7. The molecular formula is C12H19N3O2. The molecule has 1 heterocycles. The van der Waals surface area contributed by atoms with E-state index in [1.165, 1.54) is 0 Å². The fraction of sp³-hybridized carbons (Fsp3) is 0.500. The van der Waals surface area contributed by atoms with Crippen molar-refractivity contribution in [3.05, 3.63) is 18.3 Å². The SMILES string of the molecule is CCCC[C@H](N)C(=O)Nc1ccc(OC)nc1. The van der Waals surface area contributed by atoms with Crippen molar-refractivity contribution in [2.24, 2.45) is 5.73 Å². The normalized spacial score (nSPS) is 11.9. The van der Waals surface area contributed by atoms with Gasteiger partial charge in [0.05, 0.1) is 25.0 Å². The van der Waals surface area contributed by atoms with E-state index in [1.54, 1.807) is 25.4 Å². The molecule has 3 N–H and O–H groups in total. The number of nitrogens with zero attached hydrogens (tertiary/aromatic N) is 1. The van der Waals surface area contributed by atoms with Crippen LogP contribution in [-0.4, -0.2) is 24.0 Å². The highest BCUT2D eigenvalue weighted by atomic mass is 16.5. The van der Waals surface area contributed by atoms with Crippen LogP contribution >= 0.6 is 0 Å². The van der Waals surface area contributed by atoms with E-state index >= 15 is 0 Å². The minimum absolute atomic E-state index is 0.176. The molecule has 5 nitrogen and oxygen atoms in total. The van der Waals surface area contributed by atoms with Crippen molar-refractivity contribution >= 4 is 11.6 Å². The van der Waals surface area contributed by atoms with Gasteiger partial charge in [0, 0.05) is 6.07 Å². The van der Waals surface area contributed by atoms with Crippen LogP contribution in [0.5, 0.6) is 5.88 Å². The summed E-state index contributed by atoms with van der Waals surface area (Å²) in [5, 5.41) is 2.72. The second-order valence-electron chi connectivity index (χ2n) is 3.83. The van der Waals surface area contributed by atoms with Gasteiger partial charge in [-0.2, -0.15) is 0 Å². The Morgan fingerprint density at radius 2 is 2.35 bits per heavy atom. The summed E-state index contributed by atoms with van der Waals surface area (Å²) in [6.45, 7) is 2.07. The average Bonchev–Trinajstić information content (AvgIpc) is 2.36. The van der Waals surface area contributed by atoms with Gasteiger partial charge in [-0.1, -0.05) is 19.8 Å². The molecule has 1 aromatic heterocycles. The molecule has 0 saturated carbocycles. The first-order valence-corrected chi connectivity index (χ1v) is 5.74. The van der Waals surface area contributed by atoms with E-state index in [1.807, 2.05) is 0 Å². The van der Waals surface area contributed by atoms with Gasteiger partial charge in [0.1, 0.15) is 0 Å². The number of hydrogen-bond donors (Lipinski definition) is 2. The van der Waals surface area contributed by atoms with Crippen LogP contribution in [0.4, 0.5) is 5.69 Å². The summed E-state index contributed by atoms with van der Waals surface area (Å²) in [6.07, 6.45) is 4.23. The zero-order valence-corrected chi connectivity index (χ0v) is 10.3. The van der Waals surface area contributed by atoms with Crippen molar-refractivity contribution < 1.29 is 9.53 Å². The molecule has 94 valence electrons. The predicted molar refractivity (Wildman–Crippen MR) is 66.9 cm³/mol. The largest absolute Gasteiger partial charge is 0.481 e. The third-order valence-electron chi connectivity index (χ3n) is 2.42. The maximum Gasteiger partial charge on any atom is 0.241 e. The van der Waals surface area contributed by atoms with E-state index in [9.17, 15) is 4.79 Å². The van der Waals surface area contributed by atoms with E-state index < -0.39 is 6.04 Å². The molecule has 5 heteroatoms. The van der Waals surface area contributed by atoms with Crippen molar-refractivity contribution in [1.29, 1.82) is 0 Å². The molecule has 1 amide bonds. The smallest absolute Gasteiger partial charge is 0.241 e. The van der Waals surface area contributed by atoms with Crippen LogP contribution in [0.3, 0.4) is 0 Å². The molecule has 0 aliphatic carbocycles. The summed E-state index contributed by atoms with van der Waals surface area (Å²) in [7, 11) is 1.54. The number of unbranched alkanes of at least 4 members (excludes halogenated alkanes) is 1. The van der Waals surface area contributed by atoms with Gasteiger partial charge in [-0.3, -0.25) is 4.79 Å². The predicted octanol–water partition coefficient (Wildman–Crippen LogP) is 1.55. The van der Waals surface area contributed by atoms with E-state index in [0.717, 1.165) is 12.8 Å². The summed E-state index contributed by atoms with van der Waals surface area (Å²) in [6, 6.07) is 2.96. The standard InChI is InChI=1S/C12H19N3O2/c1-3-4-5-10(13)12(16)15-9-6-7-11(17-2)14-8-9/h6-8,10H,3-5,13H2,1-2H3,(H,15,16)/t10-/m0/s1. The molecule has 0 aromatic carbocycles. The molecule has 1 atom stereocenters. The molecule has 0 aliphatic heterocycles. The molecule has 0 bridgehead atoms. The molecule has 0 spiro atoms. The summed E-state index contributed by atoms with van der Waals surface area (Å²) < 4.78 is 4.93. The van der Waals surface area contributed by atoms with Crippen LogP contribution in [0.1, 0.15) is 26.2 Å². The number of nitrogens with one attached hydrogen (secondary N) is 1. The Kier molecular flexibility index (Phi) is 5.42. The number of amides is 1. The van der Waals surface area contributed by atoms with E-state index in [-0.39, 0.29) is 5.91 Å². The first kappa shape index (κ1) is 13.4. The Morgan fingerprint density at radius 1 is 1.59 bits per heavy atom. The van der Waals surface area contributed by atoms with E-state index in [0.29, 0.717) is 18.0 Å². The Balaban J connectivity index is 2.49. The first-order valence-electron chi connectivity index (χ1n) is 5.74. The maximum atomic E-state index is 11.7. The van der Waals surface area contributed by atoms with Gasteiger partial charge in [0.15, 0.2) is 0 Å². The lowest BCUT2D eigenvalue weighted by atomic mass is 10.1. The van der Waals surface area contributed by atoms with Crippen LogP contribution in [0.2, 0.25) is 0 Å². The van der Waals surface area contributed by atoms with Crippen LogP contribution in [0.25, 0.3) is 0 Å². The molecule has 17 heavy (non-hydrogen) atoms. The number of pyridine rings is 1.